The van der Waals surface area contributed by atoms with Crippen LogP contribution in [0.2, 0.25) is 0 Å². The largest absolute Gasteiger partial charge is 0.481 e. The Hall–Kier alpha value is -0.280. The summed E-state index contributed by atoms with van der Waals surface area (Å²) in [6.45, 7) is 0. The topological polar surface area (TPSA) is 57.5 Å². The minimum absolute atomic E-state index is 0.105. The molecule has 0 aliphatic heterocycles. The van der Waals surface area contributed by atoms with E-state index < -0.39 is 12.1 Å². The second-order valence-corrected chi connectivity index (χ2v) is 2.40. The van der Waals surface area contributed by atoms with E-state index in [2.05, 4.69) is 0 Å². The maximum atomic E-state index is 9.95. The predicted molar refractivity (Wildman–Crippen MR) is 38.2 cm³/mol. The van der Waals surface area contributed by atoms with Crippen molar-refractivity contribution in [2.75, 3.05) is 5.88 Å². The molecule has 0 aliphatic carbocycles. The molecule has 1 unspecified atom stereocenters. The van der Waals surface area contributed by atoms with Crippen LogP contribution in [0.15, 0.2) is 0 Å². The van der Waals surface area contributed by atoms with Gasteiger partial charge in [0.15, 0.2) is 0 Å². The van der Waals surface area contributed by atoms with E-state index in [1.165, 1.54) is 0 Å². The van der Waals surface area contributed by atoms with Gasteiger partial charge in [-0.2, -0.15) is 0 Å². The van der Waals surface area contributed by atoms with Crippen molar-refractivity contribution in [3.8, 4) is 0 Å². The molecular formula is C6H11ClO3. The third-order valence-electron chi connectivity index (χ3n) is 1.11. The molecular weight excluding hydrogens is 156 g/mol. The van der Waals surface area contributed by atoms with Gasteiger partial charge in [-0.05, 0) is 12.8 Å². The highest BCUT2D eigenvalue weighted by molar-refractivity contribution is 6.18. The number of aliphatic hydroxyl groups is 1. The summed E-state index contributed by atoms with van der Waals surface area (Å²) >= 11 is 5.27. The zero-order chi connectivity index (χ0) is 7.98. The van der Waals surface area contributed by atoms with Crippen molar-refractivity contribution < 1.29 is 15.0 Å². The van der Waals surface area contributed by atoms with Crippen molar-refractivity contribution in [3.63, 3.8) is 0 Å². The Morgan fingerprint density at radius 3 is 2.60 bits per heavy atom. The van der Waals surface area contributed by atoms with Crippen LogP contribution in [-0.2, 0) is 4.79 Å². The zero-order valence-electron chi connectivity index (χ0n) is 5.59. The summed E-state index contributed by atoms with van der Waals surface area (Å²) in [5, 5.41) is 17.0. The van der Waals surface area contributed by atoms with Crippen LogP contribution in [0.4, 0.5) is 0 Å². The van der Waals surface area contributed by atoms with Crippen LogP contribution in [0.25, 0.3) is 0 Å². The molecule has 0 aromatic carbocycles. The molecule has 0 spiro atoms. The van der Waals surface area contributed by atoms with Crippen molar-refractivity contribution in [2.24, 2.45) is 0 Å². The molecule has 0 aliphatic rings. The van der Waals surface area contributed by atoms with E-state index in [9.17, 15) is 4.79 Å². The van der Waals surface area contributed by atoms with E-state index in [4.69, 9.17) is 21.8 Å². The number of alkyl halides is 1. The van der Waals surface area contributed by atoms with Gasteiger partial charge in [-0.25, -0.2) is 0 Å². The number of hydrogen-bond acceptors (Lipinski definition) is 2. The average Bonchev–Trinajstić information content (AvgIpc) is 1.87. The fourth-order valence-corrected chi connectivity index (χ4v) is 0.720. The summed E-state index contributed by atoms with van der Waals surface area (Å²) < 4.78 is 0. The number of halogens is 1. The van der Waals surface area contributed by atoms with Gasteiger partial charge < -0.3 is 10.2 Å². The van der Waals surface area contributed by atoms with Gasteiger partial charge >= 0.3 is 5.97 Å². The van der Waals surface area contributed by atoms with Crippen molar-refractivity contribution in [1.29, 1.82) is 0 Å². The highest BCUT2D eigenvalue weighted by Crippen LogP contribution is 2.01. The van der Waals surface area contributed by atoms with Crippen LogP contribution in [0.5, 0.6) is 0 Å². The Morgan fingerprint density at radius 1 is 1.60 bits per heavy atom. The number of hydrogen-bond donors (Lipinski definition) is 2. The van der Waals surface area contributed by atoms with Crippen LogP contribution >= 0.6 is 11.6 Å². The maximum absolute atomic E-state index is 9.95. The number of aliphatic hydroxyl groups excluding tert-OH is 1. The van der Waals surface area contributed by atoms with E-state index in [1.807, 2.05) is 0 Å². The standard InChI is InChI=1S/C6H11ClO3/c7-4-5(8)2-1-3-6(9)10/h5,8H,1-4H2,(H,9,10). The zero-order valence-corrected chi connectivity index (χ0v) is 6.34. The summed E-state index contributed by atoms with van der Waals surface area (Å²) in [6.07, 6.45) is 0.508. The number of carboxylic acid groups (broad SMARTS) is 1. The van der Waals surface area contributed by atoms with Crippen molar-refractivity contribution in [1.82, 2.24) is 0 Å². The minimum Gasteiger partial charge on any atom is -0.481 e. The molecule has 0 radical (unpaired) electrons. The number of carbonyl (C=O) groups is 1. The Balaban J connectivity index is 3.11. The first-order chi connectivity index (χ1) is 4.66. The molecule has 60 valence electrons. The summed E-state index contributed by atoms with van der Waals surface area (Å²) in [7, 11) is 0. The monoisotopic (exact) mass is 166 g/mol. The molecule has 0 bridgehead atoms. The Labute approximate surface area is 64.6 Å². The fraction of sp³-hybridized carbons (Fsp3) is 0.833. The van der Waals surface area contributed by atoms with Gasteiger partial charge in [-0.15, -0.1) is 11.6 Å². The lowest BCUT2D eigenvalue weighted by Gasteiger charge is -2.02. The van der Waals surface area contributed by atoms with Crippen LogP contribution in [0.1, 0.15) is 19.3 Å². The number of rotatable bonds is 5. The Morgan fingerprint density at radius 2 is 2.20 bits per heavy atom. The quantitative estimate of drug-likeness (QED) is 0.596. The van der Waals surface area contributed by atoms with Crippen molar-refractivity contribution >= 4 is 17.6 Å². The summed E-state index contributed by atoms with van der Waals surface area (Å²) in [6, 6.07) is 0. The summed E-state index contributed by atoms with van der Waals surface area (Å²) in [4.78, 5) is 9.95. The van der Waals surface area contributed by atoms with E-state index in [0.29, 0.717) is 12.8 Å². The van der Waals surface area contributed by atoms with Gasteiger partial charge in [-0.3, -0.25) is 4.79 Å². The Kier molecular flexibility index (Phi) is 5.35. The lowest BCUT2D eigenvalue weighted by Crippen LogP contribution is -2.08. The van der Waals surface area contributed by atoms with Gasteiger partial charge in [0.1, 0.15) is 0 Å². The van der Waals surface area contributed by atoms with Gasteiger partial charge in [0.05, 0.1) is 6.10 Å². The van der Waals surface area contributed by atoms with Crippen molar-refractivity contribution in [3.05, 3.63) is 0 Å². The first-order valence-electron chi connectivity index (χ1n) is 3.12. The maximum Gasteiger partial charge on any atom is 0.303 e. The second-order valence-electron chi connectivity index (χ2n) is 2.09. The molecule has 0 aromatic heterocycles. The normalized spacial score (nSPS) is 13.0. The fourth-order valence-electron chi connectivity index (χ4n) is 0.566. The van der Waals surface area contributed by atoms with E-state index >= 15 is 0 Å². The SMILES string of the molecule is O=C(O)CCCC(O)CCl. The molecule has 3 nitrogen and oxygen atoms in total. The molecule has 0 aromatic rings. The van der Waals surface area contributed by atoms with E-state index in [0.717, 1.165) is 0 Å². The first kappa shape index (κ1) is 9.72. The van der Waals surface area contributed by atoms with Crippen molar-refractivity contribution in [2.45, 2.75) is 25.4 Å². The summed E-state index contributed by atoms with van der Waals surface area (Å²) in [5.74, 6) is -0.652. The molecule has 4 heteroatoms. The molecule has 0 saturated carbocycles. The number of carboxylic acids is 1. The molecule has 0 fully saturated rings. The molecule has 2 N–H and O–H groups in total. The average molecular weight is 167 g/mol. The van der Waals surface area contributed by atoms with E-state index in [-0.39, 0.29) is 12.3 Å². The van der Waals surface area contributed by atoms with Crippen LogP contribution in [0.3, 0.4) is 0 Å². The van der Waals surface area contributed by atoms with Gasteiger partial charge in [0.25, 0.3) is 0 Å². The summed E-state index contributed by atoms with van der Waals surface area (Å²) in [5.41, 5.74) is 0. The number of aliphatic carboxylic acids is 1. The molecule has 10 heavy (non-hydrogen) atoms. The van der Waals surface area contributed by atoms with Gasteiger partial charge in [-0.1, -0.05) is 0 Å². The third kappa shape index (κ3) is 5.85. The molecule has 0 amide bonds. The van der Waals surface area contributed by atoms with Gasteiger partial charge in [0.2, 0.25) is 0 Å². The van der Waals surface area contributed by atoms with Crippen LogP contribution < -0.4 is 0 Å². The highest BCUT2D eigenvalue weighted by Gasteiger charge is 2.02. The smallest absolute Gasteiger partial charge is 0.303 e. The molecule has 0 rings (SSSR count). The Bertz CT molecular complexity index is 105. The highest BCUT2D eigenvalue weighted by atomic mass is 35.5. The first-order valence-corrected chi connectivity index (χ1v) is 3.66. The van der Waals surface area contributed by atoms with Crippen LogP contribution in [0, 0.1) is 0 Å². The third-order valence-corrected chi connectivity index (χ3v) is 1.46. The molecule has 1 atom stereocenters. The molecule has 0 saturated heterocycles. The predicted octanol–water partition coefficient (Wildman–Crippen LogP) is 0.841. The second kappa shape index (κ2) is 5.50. The lowest BCUT2D eigenvalue weighted by molar-refractivity contribution is -0.137. The minimum atomic E-state index is -0.832. The molecule has 0 heterocycles. The lowest BCUT2D eigenvalue weighted by atomic mass is 10.2. The van der Waals surface area contributed by atoms with E-state index in [1.54, 1.807) is 0 Å². The van der Waals surface area contributed by atoms with Gasteiger partial charge in [0, 0.05) is 12.3 Å². The van der Waals surface area contributed by atoms with Crippen LogP contribution in [-0.4, -0.2) is 28.2 Å².